The molecule has 0 radical (unpaired) electrons. The number of carbonyl (C=O) groups is 1. The van der Waals surface area contributed by atoms with Gasteiger partial charge in [0.2, 0.25) is 5.91 Å². The zero-order valence-corrected chi connectivity index (χ0v) is 17.9. The second kappa shape index (κ2) is 9.60. The number of aryl methyl sites for hydroxylation is 1. The molecule has 0 aromatic heterocycles. The fraction of sp³-hybridized carbons (Fsp3) is 0.318. The molecule has 1 aliphatic heterocycles. The average molecular weight is 412 g/mol. The van der Waals surface area contributed by atoms with Gasteiger partial charge >= 0.3 is 0 Å². The van der Waals surface area contributed by atoms with Crippen LogP contribution in [-0.2, 0) is 11.3 Å². The fourth-order valence-electron chi connectivity index (χ4n) is 3.03. The predicted molar refractivity (Wildman–Crippen MR) is 118 cm³/mol. The van der Waals surface area contributed by atoms with Crippen molar-refractivity contribution in [1.29, 1.82) is 0 Å². The van der Waals surface area contributed by atoms with Gasteiger partial charge in [-0.2, -0.15) is 5.10 Å². The molecule has 6 nitrogen and oxygen atoms in total. The van der Waals surface area contributed by atoms with Crippen molar-refractivity contribution < 1.29 is 14.3 Å². The third-order valence-corrected chi connectivity index (χ3v) is 6.07. The van der Waals surface area contributed by atoms with Gasteiger partial charge in [-0.05, 0) is 48.2 Å². The van der Waals surface area contributed by atoms with Crippen LogP contribution < -0.4 is 9.47 Å². The molecule has 0 saturated carbocycles. The lowest BCUT2D eigenvalue weighted by atomic mass is 10.1. The number of carbonyl (C=O) groups excluding carboxylic acids is 1. The van der Waals surface area contributed by atoms with Crippen molar-refractivity contribution in [3.05, 3.63) is 59.2 Å². The Labute approximate surface area is 175 Å². The van der Waals surface area contributed by atoms with Crippen LogP contribution in [0.25, 0.3) is 0 Å². The topological polar surface area (TPSA) is 63.5 Å². The average Bonchev–Trinajstić information content (AvgIpc) is 3.04. The molecule has 29 heavy (non-hydrogen) atoms. The molecule has 1 fully saturated rings. The number of amides is 1. The van der Waals surface area contributed by atoms with Crippen LogP contribution in [0.4, 0.5) is 0 Å². The van der Waals surface area contributed by atoms with Gasteiger partial charge in [0.05, 0.1) is 32.2 Å². The standard InChI is InChI=1S/C22H25N3O3S/c1-5-20-21(26)25(14-17-9-7-6-8-15(17)2)22(29-20)24-23-13-16-10-11-18(27-3)19(12-16)28-4/h6-13,20H,5,14H2,1-4H3/b23-13-,24-22+/t20-/m1/s1. The van der Waals surface area contributed by atoms with Crippen LogP contribution >= 0.6 is 11.8 Å². The Balaban J connectivity index is 1.82. The number of methoxy groups -OCH3 is 2. The molecule has 2 aromatic carbocycles. The summed E-state index contributed by atoms with van der Waals surface area (Å²) in [6.07, 6.45) is 2.40. The van der Waals surface area contributed by atoms with E-state index in [0.717, 1.165) is 23.1 Å². The van der Waals surface area contributed by atoms with Crippen LogP contribution in [0.1, 0.15) is 30.0 Å². The summed E-state index contributed by atoms with van der Waals surface area (Å²) in [5.41, 5.74) is 3.09. The first-order chi connectivity index (χ1) is 14.1. The Hall–Kier alpha value is -2.80. The highest BCUT2D eigenvalue weighted by Gasteiger charge is 2.37. The maximum absolute atomic E-state index is 12.8. The van der Waals surface area contributed by atoms with E-state index in [2.05, 4.69) is 10.2 Å². The van der Waals surface area contributed by atoms with Crippen molar-refractivity contribution in [2.45, 2.75) is 32.1 Å². The minimum atomic E-state index is -0.117. The summed E-state index contributed by atoms with van der Waals surface area (Å²) < 4.78 is 10.6. The van der Waals surface area contributed by atoms with E-state index in [1.54, 1.807) is 25.3 Å². The molecule has 0 spiro atoms. The van der Waals surface area contributed by atoms with Crippen LogP contribution in [0.2, 0.25) is 0 Å². The Kier molecular flexibility index (Phi) is 6.93. The van der Waals surface area contributed by atoms with Crippen LogP contribution in [-0.4, -0.2) is 41.7 Å². The molecule has 0 aliphatic carbocycles. The zero-order chi connectivity index (χ0) is 20.8. The van der Waals surface area contributed by atoms with Crippen LogP contribution in [0.5, 0.6) is 11.5 Å². The maximum Gasteiger partial charge on any atom is 0.242 e. The molecule has 0 unspecified atom stereocenters. The van der Waals surface area contributed by atoms with Crippen molar-refractivity contribution in [3.63, 3.8) is 0 Å². The third-order valence-electron chi connectivity index (χ3n) is 4.74. The van der Waals surface area contributed by atoms with E-state index in [0.29, 0.717) is 23.2 Å². The lowest BCUT2D eigenvalue weighted by Gasteiger charge is -2.17. The van der Waals surface area contributed by atoms with Crippen molar-refractivity contribution in [3.8, 4) is 11.5 Å². The molecule has 1 amide bonds. The van der Waals surface area contributed by atoms with Crippen molar-refractivity contribution in [2.24, 2.45) is 10.2 Å². The van der Waals surface area contributed by atoms with E-state index in [4.69, 9.17) is 9.47 Å². The van der Waals surface area contributed by atoms with E-state index >= 15 is 0 Å². The van der Waals surface area contributed by atoms with Gasteiger partial charge in [0.25, 0.3) is 0 Å². The van der Waals surface area contributed by atoms with Gasteiger partial charge in [-0.3, -0.25) is 9.69 Å². The fourth-order valence-corrected chi connectivity index (χ4v) is 4.05. The minimum absolute atomic E-state index is 0.0841. The first-order valence-corrected chi connectivity index (χ1v) is 10.3. The molecule has 0 N–H and O–H groups in total. The van der Waals surface area contributed by atoms with Crippen LogP contribution in [0.15, 0.2) is 52.7 Å². The number of ether oxygens (including phenoxy) is 2. The lowest BCUT2D eigenvalue weighted by Crippen LogP contribution is -2.31. The number of hydrogen-bond donors (Lipinski definition) is 0. The van der Waals surface area contributed by atoms with E-state index in [1.165, 1.54) is 11.8 Å². The van der Waals surface area contributed by atoms with Gasteiger partial charge in [-0.1, -0.05) is 43.0 Å². The molecule has 152 valence electrons. The third kappa shape index (κ3) is 4.79. The maximum atomic E-state index is 12.8. The quantitative estimate of drug-likeness (QED) is 0.505. The molecular formula is C22H25N3O3S. The number of benzene rings is 2. The van der Waals surface area contributed by atoms with E-state index in [1.807, 2.05) is 56.3 Å². The lowest BCUT2D eigenvalue weighted by molar-refractivity contribution is -0.126. The summed E-state index contributed by atoms with van der Waals surface area (Å²) in [5.74, 6) is 1.37. The zero-order valence-electron chi connectivity index (χ0n) is 17.1. The van der Waals surface area contributed by atoms with E-state index < -0.39 is 0 Å². The number of thioether (sulfide) groups is 1. The van der Waals surface area contributed by atoms with Gasteiger partial charge in [0.15, 0.2) is 16.7 Å². The Bertz CT molecular complexity index is 943. The largest absolute Gasteiger partial charge is 0.493 e. The highest BCUT2D eigenvalue weighted by Crippen LogP contribution is 2.31. The molecule has 7 heteroatoms. The molecular weight excluding hydrogens is 386 g/mol. The Morgan fingerprint density at radius 1 is 1.14 bits per heavy atom. The number of rotatable bonds is 7. The van der Waals surface area contributed by atoms with Crippen molar-refractivity contribution in [2.75, 3.05) is 14.2 Å². The normalized spacial score (nSPS) is 18.1. The summed E-state index contributed by atoms with van der Waals surface area (Å²) in [6, 6.07) is 13.6. The summed E-state index contributed by atoms with van der Waals surface area (Å²) in [6.45, 7) is 4.56. The molecule has 0 bridgehead atoms. The molecule has 2 aromatic rings. The Morgan fingerprint density at radius 3 is 2.59 bits per heavy atom. The van der Waals surface area contributed by atoms with E-state index in [-0.39, 0.29) is 11.2 Å². The van der Waals surface area contributed by atoms with Crippen molar-refractivity contribution in [1.82, 2.24) is 4.90 Å². The first kappa shape index (κ1) is 20.9. The summed E-state index contributed by atoms with van der Waals surface area (Å²) >= 11 is 1.47. The molecule has 3 rings (SSSR count). The van der Waals surface area contributed by atoms with Crippen LogP contribution in [0.3, 0.4) is 0 Å². The van der Waals surface area contributed by atoms with Gasteiger partial charge < -0.3 is 9.47 Å². The SMILES string of the molecule is CC[C@H]1S/C(=N/N=C\c2ccc(OC)c(OC)c2)N(Cc2ccccc2C)C1=O. The second-order valence-electron chi connectivity index (χ2n) is 6.61. The first-order valence-electron chi connectivity index (χ1n) is 9.43. The highest BCUT2D eigenvalue weighted by atomic mass is 32.2. The van der Waals surface area contributed by atoms with E-state index in [9.17, 15) is 4.79 Å². The van der Waals surface area contributed by atoms with Crippen LogP contribution in [0, 0.1) is 6.92 Å². The Morgan fingerprint density at radius 2 is 1.90 bits per heavy atom. The highest BCUT2D eigenvalue weighted by molar-refractivity contribution is 8.15. The van der Waals surface area contributed by atoms with Gasteiger partial charge in [0, 0.05) is 0 Å². The minimum Gasteiger partial charge on any atom is -0.493 e. The van der Waals surface area contributed by atoms with Gasteiger partial charge in [-0.15, -0.1) is 5.10 Å². The molecule has 1 heterocycles. The number of hydrogen-bond acceptors (Lipinski definition) is 6. The van der Waals surface area contributed by atoms with Crippen molar-refractivity contribution >= 4 is 29.1 Å². The summed E-state index contributed by atoms with van der Waals surface area (Å²) in [4.78, 5) is 14.5. The monoisotopic (exact) mass is 411 g/mol. The number of nitrogens with zero attached hydrogens (tertiary/aromatic N) is 3. The predicted octanol–water partition coefficient (Wildman–Crippen LogP) is 4.26. The van der Waals surface area contributed by atoms with Gasteiger partial charge in [0.1, 0.15) is 0 Å². The second-order valence-corrected chi connectivity index (χ2v) is 7.78. The van der Waals surface area contributed by atoms with Gasteiger partial charge in [-0.25, -0.2) is 0 Å². The smallest absolute Gasteiger partial charge is 0.242 e. The summed E-state index contributed by atoms with van der Waals surface area (Å²) in [7, 11) is 3.19. The molecule has 1 aliphatic rings. The number of amidine groups is 1. The molecule has 1 atom stereocenters. The summed E-state index contributed by atoms with van der Waals surface area (Å²) in [5, 5.41) is 9.09. The molecule has 1 saturated heterocycles.